The Morgan fingerprint density at radius 3 is 2.06 bits per heavy atom. The lowest BCUT2D eigenvalue weighted by Crippen LogP contribution is -2.69. The molecule has 0 heterocycles. The Balaban J connectivity index is 1.92. The zero-order valence-corrected chi connectivity index (χ0v) is 10.7. The first-order chi connectivity index (χ1) is 8.29. The quantitative estimate of drug-likeness (QED) is 0.571. The summed E-state index contributed by atoms with van der Waals surface area (Å²) in [7, 11) is 0. The number of hydrogen-bond donors (Lipinski definition) is 2. The summed E-state index contributed by atoms with van der Waals surface area (Å²) < 4.78 is 5.57. The summed E-state index contributed by atoms with van der Waals surface area (Å²) in [6.45, 7) is 5.37. The van der Waals surface area contributed by atoms with Crippen LogP contribution in [0, 0.1) is 11.8 Å². The van der Waals surface area contributed by atoms with Crippen LogP contribution in [0.2, 0.25) is 0 Å². The molecule has 0 saturated heterocycles. The largest absolute Gasteiger partial charge is 0.456 e. The van der Waals surface area contributed by atoms with Gasteiger partial charge in [0, 0.05) is 24.3 Å². The molecule has 0 radical (unpaired) electrons. The number of ether oxygens (including phenoxy) is 1. The van der Waals surface area contributed by atoms with Crippen molar-refractivity contribution in [2.24, 2.45) is 11.8 Å². The van der Waals surface area contributed by atoms with Crippen LogP contribution in [0.1, 0.15) is 39.0 Å². The van der Waals surface area contributed by atoms with Crippen LogP contribution in [0.3, 0.4) is 0 Å². The Morgan fingerprint density at radius 2 is 1.67 bits per heavy atom. The van der Waals surface area contributed by atoms with E-state index >= 15 is 0 Å². The Hall–Kier alpha value is -0.870. The van der Waals surface area contributed by atoms with Crippen LogP contribution < -0.4 is 0 Å². The van der Waals surface area contributed by atoms with Crippen molar-refractivity contribution in [3.05, 3.63) is 12.7 Å². The molecule has 4 nitrogen and oxygen atoms in total. The van der Waals surface area contributed by atoms with E-state index in [2.05, 4.69) is 6.58 Å². The van der Waals surface area contributed by atoms with E-state index in [9.17, 15) is 15.0 Å². The summed E-state index contributed by atoms with van der Waals surface area (Å²) in [6, 6.07) is 0. The third-order valence-electron chi connectivity index (χ3n) is 5.27. The maximum atomic E-state index is 11.5. The highest BCUT2D eigenvalue weighted by Gasteiger charge is 2.66. The van der Waals surface area contributed by atoms with Gasteiger partial charge in [0.25, 0.3) is 0 Å². The summed E-state index contributed by atoms with van der Waals surface area (Å²) in [6.07, 6.45) is 4.12. The smallest absolute Gasteiger partial charge is 0.330 e. The topological polar surface area (TPSA) is 66.8 Å². The summed E-state index contributed by atoms with van der Waals surface area (Å²) in [4.78, 5) is 11.5. The number of rotatable bonds is 2. The Bertz CT molecular complexity index is 378. The molecule has 0 atom stereocenters. The second kappa shape index (κ2) is 3.36. The van der Waals surface area contributed by atoms with E-state index in [4.69, 9.17) is 4.74 Å². The Kier molecular flexibility index (Phi) is 2.28. The molecular weight excluding hydrogens is 232 g/mol. The first-order valence-corrected chi connectivity index (χ1v) is 6.59. The van der Waals surface area contributed by atoms with Gasteiger partial charge in [-0.25, -0.2) is 4.79 Å². The van der Waals surface area contributed by atoms with E-state index in [0.717, 1.165) is 0 Å². The van der Waals surface area contributed by atoms with Gasteiger partial charge in [-0.05, 0) is 32.6 Å². The molecule has 100 valence electrons. The van der Waals surface area contributed by atoms with Gasteiger partial charge in [0.15, 0.2) is 0 Å². The molecule has 0 aromatic rings. The maximum absolute atomic E-state index is 11.5. The number of hydrogen-bond acceptors (Lipinski definition) is 4. The number of carbonyl (C=O) groups excluding carboxylic acids is 1. The molecule has 0 amide bonds. The maximum Gasteiger partial charge on any atom is 0.330 e. The zero-order chi connectivity index (χ0) is 13.2. The van der Waals surface area contributed by atoms with Crippen LogP contribution in [-0.2, 0) is 9.53 Å². The van der Waals surface area contributed by atoms with Crippen LogP contribution in [0.4, 0.5) is 0 Å². The molecule has 4 aliphatic carbocycles. The first-order valence-electron chi connectivity index (χ1n) is 6.59. The van der Waals surface area contributed by atoms with Crippen LogP contribution in [-0.4, -0.2) is 33.0 Å². The Labute approximate surface area is 107 Å². The number of esters is 1. The van der Waals surface area contributed by atoms with E-state index in [-0.39, 0.29) is 11.8 Å². The van der Waals surface area contributed by atoms with Crippen molar-refractivity contribution >= 4 is 5.97 Å². The van der Waals surface area contributed by atoms with Crippen molar-refractivity contribution in [2.45, 2.75) is 55.8 Å². The molecule has 4 heteroatoms. The molecule has 0 aromatic heterocycles. The molecule has 0 aromatic carbocycles. The molecule has 4 aliphatic rings. The minimum Gasteiger partial charge on any atom is -0.456 e. The summed E-state index contributed by atoms with van der Waals surface area (Å²) >= 11 is 0. The van der Waals surface area contributed by atoms with Crippen molar-refractivity contribution in [2.75, 3.05) is 0 Å². The fourth-order valence-corrected chi connectivity index (χ4v) is 4.62. The second-order valence-corrected chi connectivity index (χ2v) is 6.64. The highest BCUT2D eigenvalue weighted by molar-refractivity contribution is 5.81. The zero-order valence-electron chi connectivity index (χ0n) is 10.7. The molecule has 0 unspecified atom stereocenters. The molecule has 4 bridgehead atoms. The van der Waals surface area contributed by atoms with Crippen LogP contribution in [0.25, 0.3) is 0 Å². The second-order valence-electron chi connectivity index (χ2n) is 6.64. The lowest BCUT2D eigenvalue weighted by molar-refractivity contribution is -0.271. The van der Waals surface area contributed by atoms with E-state index < -0.39 is 22.8 Å². The molecule has 0 aliphatic heterocycles. The predicted octanol–water partition coefficient (Wildman–Crippen LogP) is 1.16. The lowest BCUT2D eigenvalue weighted by Gasteiger charge is -2.64. The average Bonchev–Trinajstić information content (AvgIpc) is 2.23. The van der Waals surface area contributed by atoms with Crippen molar-refractivity contribution in [1.29, 1.82) is 0 Å². The van der Waals surface area contributed by atoms with Gasteiger partial charge in [-0.2, -0.15) is 0 Å². The molecular formula is C14H20O4. The van der Waals surface area contributed by atoms with E-state index in [1.807, 2.05) is 6.92 Å². The SMILES string of the molecule is C=CC(=O)OC1(C)C2CC3(O)CC1CC(O)(C2)C3. The summed E-state index contributed by atoms with van der Waals surface area (Å²) in [5, 5.41) is 20.9. The van der Waals surface area contributed by atoms with Gasteiger partial charge in [-0.1, -0.05) is 6.58 Å². The molecule has 4 rings (SSSR count). The van der Waals surface area contributed by atoms with Gasteiger partial charge >= 0.3 is 5.97 Å². The van der Waals surface area contributed by atoms with Crippen LogP contribution in [0.15, 0.2) is 12.7 Å². The molecule has 4 saturated carbocycles. The monoisotopic (exact) mass is 252 g/mol. The minimum absolute atomic E-state index is 0.0395. The van der Waals surface area contributed by atoms with Crippen molar-refractivity contribution in [3.63, 3.8) is 0 Å². The van der Waals surface area contributed by atoms with Gasteiger partial charge in [0.2, 0.25) is 0 Å². The first kappa shape index (κ1) is 12.2. The average molecular weight is 252 g/mol. The van der Waals surface area contributed by atoms with Crippen molar-refractivity contribution < 1.29 is 19.7 Å². The van der Waals surface area contributed by atoms with Crippen LogP contribution in [0.5, 0.6) is 0 Å². The van der Waals surface area contributed by atoms with Crippen LogP contribution >= 0.6 is 0 Å². The number of aliphatic hydroxyl groups is 2. The van der Waals surface area contributed by atoms with Gasteiger partial charge in [0.1, 0.15) is 5.60 Å². The molecule has 4 fully saturated rings. The molecule has 0 spiro atoms. The summed E-state index contributed by atoms with van der Waals surface area (Å²) in [5.74, 6) is -0.334. The minimum atomic E-state index is -0.763. The predicted molar refractivity (Wildman–Crippen MR) is 64.7 cm³/mol. The van der Waals surface area contributed by atoms with E-state index in [0.29, 0.717) is 32.1 Å². The van der Waals surface area contributed by atoms with E-state index in [1.54, 1.807) is 0 Å². The third-order valence-corrected chi connectivity index (χ3v) is 5.27. The van der Waals surface area contributed by atoms with Crippen molar-refractivity contribution in [3.8, 4) is 0 Å². The number of carbonyl (C=O) groups is 1. The highest BCUT2D eigenvalue weighted by Crippen LogP contribution is 2.62. The normalized spacial score (nSPS) is 53.3. The van der Waals surface area contributed by atoms with Gasteiger partial charge < -0.3 is 14.9 Å². The molecule has 2 N–H and O–H groups in total. The Morgan fingerprint density at radius 1 is 1.22 bits per heavy atom. The van der Waals surface area contributed by atoms with E-state index in [1.165, 1.54) is 6.08 Å². The lowest BCUT2D eigenvalue weighted by atomic mass is 9.47. The third kappa shape index (κ3) is 1.55. The highest BCUT2D eigenvalue weighted by atomic mass is 16.6. The summed E-state index contributed by atoms with van der Waals surface area (Å²) in [5.41, 5.74) is -2.09. The van der Waals surface area contributed by atoms with Gasteiger partial charge in [-0.15, -0.1) is 0 Å². The fraction of sp³-hybridized carbons (Fsp3) is 0.786. The van der Waals surface area contributed by atoms with Gasteiger partial charge in [0.05, 0.1) is 11.2 Å². The fourth-order valence-electron chi connectivity index (χ4n) is 4.62. The van der Waals surface area contributed by atoms with Gasteiger partial charge in [-0.3, -0.25) is 0 Å². The van der Waals surface area contributed by atoms with Crippen molar-refractivity contribution in [1.82, 2.24) is 0 Å². The standard InChI is InChI=1S/C14H20O4/c1-3-11(15)18-12(2)9-4-13(16)6-10(12)7-14(17,5-9)8-13/h3,9-10,16-17H,1,4-8H2,2H3. The molecule has 18 heavy (non-hydrogen) atoms.